The molecule has 0 saturated carbocycles. The van der Waals surface area contributed by atoms with E-state index in [0.29, 0.717) is 11.4 Å². The Labute approximate surface area is 135 Å². The highest BCUT2D eigenvalue weighted by Gasteiger charge is 2.26. The van der Waals surface area contributed by atoms with E-state index in [1.165, 1.54) is 0 Å². The van der Waals surface area contributed by atoms with Crippen LogP contribution in [0, 0.1) is 6.92 Å². The van der Waals surface area contributed by atoms with Crippen molar-refractivity contribution in [3.05, 3.63) is 83.9 Å². The van der Waals surface area contributed by atoms with Gasteiger partial charge in [-0.25, -0.2) is 4.98 Å². The third-order valence-electron chi connectivity index (χ3n) is 3.76. The molecule has 3 rings (SSSR count). The molecule has 0 N–H and O–H groups in total. The number of anilines is 1. The molecule has 0 bridgehead atoms. The molecule has 116 valence electrons. The van der Waals surface area contributed by atoms with Crippen molar-refractivity contribution in [3.8, 4) is 0 Å². The summed E-state index contributed by atoms with van der Waals surface area (Å²) in [5.74, 6) is 1.21. The van der Waals surface area contributed by atoms with Gasteiger partial charge in [-0.2, -0.15) is 0 Å². The Hall–Kier alpha value is -2.88. The highest BCUT2D eigenvalue weighted by atomic mass is 16.3. The van der Waals surface area contributed by atoms with Crippen molar-refractivity contribution < 1.29 is 9.21 Å². The number of hydrogen-bond acceptors (Lipinski definition) is 3. The number of pyridine rings is 1. The molecule has 0 aliphatic heterocycles. The SMILES string of the molecule is Cc1ccc(C(=O)N(c2ccccn2)[C@H](C)c2ccco2)cc1. The molecule has 0 aliphatic carbocycles. The maximum absolute atomic E-state index is 13.0. The fourth-order valence-corrected chi connectivity index (χ4v) is 2.47. The second-order valence-corrected chi connectivity index (χ2v) is 5.42. The Bertz CT molecular complexity index is 765. The predicted molar refractivity (Wildman–Crippen MR) is 89.3 cm³/mol. The fourth-order valence-electron chi connectivity index (χ4n) is 2.47. The minimum absolute atomic E-state index is 0.104. The zero-order valence-corrected chi connectivity index (χ0v) is 13.1. The molecular formula is C19H18N2O2. The largest absolute Gasteiger partial charge is 0.467 e. The van der Waals surface area contributed by atoms with Crippen molar-refractivity contribution in [1.82, 2.24) is 4.98 Å². The Morgan fingerprint density at radius 1 is 1.09 bits per heavy atom. The average Bonchev–Trinajstić information content (AvgIpc) is 3.11. The van der Waals surface area contributed by atoms with Crippen LogP contribution in [-0.4, -0.2) is 10.9 Å². The van der Waals surface area contributed by atoms with E-state index in [4.69, 9.17) is 4.42 Å². The molecule has 1 atom stereocenters. The first-order valence-electron chi connectivity index (χ1n) is 7.51. The van der Waals surface area contributed by atoms with Crippen LogP contribution in [0.25, 0.3) is 0 Å². The van der Waals surface area contributed by atoms with Gasteiger partial charge in [-0.15, -0.1) is 0 Å². The van der Waals surface area contributed by atoms with Gasteiger partial charge in [0.2, 0.25) is 0 Å². The first-order valence-corrected chi connectivity index (χ1v) is 7.51. The topological polar surface area (TPSA) is 46.3 Å². The maximum Gasteiger partial charge on any atom is 0.260 e. The maximum atomic E-state index is 13.0. The Balaban J connectivity index is 2.01. The highest BCUT2D eigenvalue weighted by molar-refractivity contribution is 6.06. The quantitative estimate of drug-likeness (QED) is 0.718. The minimum atomic E-state index is -0.256. The van der Waals surface area contributed by atoms with Crippen molar-refractivity contribution in [2.24, 2.45) is 0 Å². The molecule has 0 aliphatic rings. The van der Waals surface area contributed by atoms with Gasteiger partial charge in [0, 0.05) is 11.8 Å². The molecular weight excluding hydrogens is 288 g/mol. The van der Waals surface area contributed by atoms with Gasteiger partial charge < -0.3 is 4.42 Å². The van der Waals surface area contributed by atoms with Crippen molar-refractivity contribution >= 4 is 11.7 Å². The van der Waals surface area contributed by atoms with Crippen LogP contribution in [0.3, 0.4) is 0 Å². The van der Waals surface area contributed by atoms with E-state index >= 15 is 0 Å². The van der Waals surface area contributed by atoms with Gasteiger partial charge in [0.25, 0.3) is 5.91 Å². The van der Waals surface area contributed by atoms with Crippen LogP contribution in [0.15, 0.2) is 71.5 Å². The van der Waals surface area contributed by atoms with Gasteiger partial charge in [-0.05, 0) is 50.2 Å². The molecule has 0 radical (unpaired) electrons. The number of rotatable bonds is 4. The van der Waals surface area contributed by atoms with Crippen molar-refractivity contribution in [1.29, 1.82) is 0 Å². The van der Waals surface area contributed by atoms with Crippen LogP contribution in [0.1, 0.15) is 34.6 Å². The van der Waals surface area contributed by atoms with E-state index in [1.807, 2.05) is 68.4 Å². The second kappa shape index (κ2) is 6.48. The van der Waals surface area contributed by atoms with Gasteiger partial charge in [-0.3, -0.25) is 9.69 Å². The summed E-state index contributed by atoms with van der Waals surface area (Å²) in [7, 11) is 0. The summed E-state index contributed by atoms with van der Waals surface area (Å²) in [5.41, 5.74) is 1.74. The van der Waals surface area contributed by atoms with Crippen LogP contribution in [0.4, 0.5) is 5.82 Å². The summed E-state index contributed by atoms with van der Waals surface area (Å²) in [6, 6.07) is 16.5. The van der Waals surface area contributed by atoms with E-state index in [9.17, 15) is 4.79 Å². The Kier molecular flexibility index (Phi) is 4.24. The van der Waals surface area contributed by atoms with Gasteiger partial charge in [0.1, 0.15) is 11.6 Å². The number of nitrogens with zero attached hydrogens (tertiary/aromatic N) is 2. The van der Waals surface area contributed by atoms with E-state index in [1.54, 1.807) is 17.4 Å². The molecule has 0 unspecified atom stereocenters. The van der Waals surface area contributed by atoms with Gasteiger partial charge in [0.15, 0.2) is 0 Å². The second-order valence-electron chi connectivity index (χ2n) is 5.42. The van der Waals surface area contributed by atoms with Crippen molar-refractivity contribution in [2.45, 2.75) is 19.9 Å². The molecule has 4 heteroatoms. The van der Waals surface area contributed by atoms with Gasteiger partial charge >= 0.3 is 0 Å². The number of hydrogen-bond donors (Lipinski definition) is 0. The van der Waals surface area contributed by atoms with E-state index in [-0.39, 0.29) is 11.9 Å². The summed E-state index contributed by atoms with van der Waals surface area (Å²) in [6.07, 6.45) is 3.29. The van der Waals surface area contributed by atoms with Crippen molar-refractivity contribution in [3.63, 3.8) is 0 Å². The third kappa shape index (κ3) is 3.16. The molecule has 23 heavy (non-hydrogen) atoms. The number of aryl methyl sites for hydroxylation is 1. The minimum Gasteiger partial charge on any atom is -0.467 e. The van der Waals surface area contributed by atoms with Crippen LogP contribution < -0.4 is 4.90 Å². The number of benzene rings is 1. The first kappa shape index (κ1) is 15.0. The fraction of sp³-hybridized carbons (Fsp3) is 0.158. The number of amides is 1. The Morgan fingerprint density at radius 2 is 1.87 bits per heavy atom. The summed E-state index contributed by atoms with van der Waals surface area (Å²) in [4.78, 5) is 19.0. The van der Waals surface area contributed by atoms with E-state index < -0.39 is 0 Å². The van der Waals surface area contributed by atoms with E-state index in [0.717, 1.165) is 11.3 Å². The van der Waals surface area contributed by atoms with E-state index in [2.05, 4.69) is 4.98 Å². The van der Waals surface area contributed by atoms with Crippen LogP contribution in [-0.2, 0) is 0 Å². The number of furan rings is 1. The number of carbonyl (C=O) groups excluding carboxylic acids is 1. The lowest BCUT2D eigenvalue weighted by Crippen LogP contribution is -2.34. The zero-order chi connectivity index (χ0) is 16.2. The van der Waals surface area contributed by atoms with Crippen molar-refractivity contribution in [2.75, 3.05) is 4.90 Å². The predicted octanol–water partition coefficient (Wildman–Crippen LogP) is 4.39. The molecule has 4 nitrogen and oxygen atoms in total. The lowest BCUT2D eigenvalue weighted by molar-refractivity contribution is 0.0974. The highest BCUT2D eigenvalue weighted by Crippen LogP contribution is 2.27. The van der Waals surface area contributed by atoms with Crippen LogP contribution >= 0.6 is 0 Å². The van der Waals surface area contributed by atoms with Crippen LogP contribution in [0.2, 0.25) is 0 Å². The summed E-state index contributed by atoms with van der Waals surface area (Å²) < 4.78 is 5.48. The molecule has 1 aromatic carbocycles. The molecule has 2 heterocycles. The molecule has 3 aromatic rings. The third-order valence-corrected chi connectivity index (χ3v) is 3.76. The first-order chi connectivity index (χ1) is 11.2. The molecule has 2 aromatic heterocycles. The summed E-state index contributed by atoms with van der Waals surface area (Å²) >= 11 is 0. The zero-order valence-electron chi connectivity index (χ0n) is 13.1. The lowest BCUT2D eigenvalue weighted by atomic mass is 10.1. The molecule has 0 spiro atoms. The van der Waals surface area contributed by atoms with Gasteiger partial charge in [-0.1, -0.05) is 23.8 Å². The molecule has 0 saturated heterocycles. The normalized spacial score (nSPS) is 11.9. The lowest BCUT2D eigenvalue weighted by Gasteiger charge is -2.27. The monoisotopic (exact) mass is 306 g/mol. The van der Waals surface area contributed by atoms with Gasteiger partial charge in [0.05, 0.1) is 12.3 Å². The number of carbonyl (C=O) groups is 1. The molecule has 0 fully saturated rings. The molecule has 1 amide bonds. The number of aromatic nitrogens is 1. The summed E-state index contributed by atoms with van der Waals surface area (Å²) in [6.45, 7) is 3.93. The Morgan fingerprint density at radius 3 is 2.48 bits per heavy atom. The smallest absolute Gasteiger partial charge is 0.260 e. The van der Waals surface area contributed by atoms with Crippen LogP contribution in [0.5, 0.6) is 0 Å². The standard InChI is InChI=1S/C19H18N2O2/c1-14-8-10-16(11-9-14)19(22)21(18-7-3-4-12-20-18)15(2)17-6-5-13-23-17/h3-13,15H,1-2H3/t15-/m1/s1. The summed E-state index contributed by atoms with van der Waals surface area (Å²) in [5, 5.41) is 0. The average molecular weight is 306 g/mol.